The maximum atomic E-state index is 12.7. The Labute approximate surface area is 177 Å². The van der Waals surface area contributed by atoms with E-state index in [1.54, 1.807) is 24.1 Å². The molecule has 0 bridgehead atoms. The SMILES string of the molecule is CC(CCc1ccc(O)cc1)N(C)C(=O)OCC1c2ccccc2-c2ccccc21. The normalized spacial score (nSPS) is 13.4. The lowest BCUT2D eigenvalue weighted by Gasteiger charge is -2.25. The lowest BCUT2D eigenvalue weighted by Crippen LogP contribution is -2.36. The molecule has 1 aliphatic carbocycles. The third kappa shape index (κ3) is 4.04. The third-order valence-electron chi connectivity index (χ3n) is 6.07. The summed E-state index contributed by atoms with van der Waals surface area (Å²) in [6.45, 7) is 2.36. The van der Waals surface area contributed by atoms with Crippen molar-refractivity contribution in [2.75, 3.05) is 13.7 Å². The molecular formula is C26H27NO3. The summed E-state index contributed by atoms with van der Waals surface area (Å²) in [5.41, 5.74) is 6.03. The number of phenolic OH excluding ortho intramolecular Hbond substituents is 1. The van der Waals surface area contributed by atoms with E-state index in [2.05, 4.69) is 24.3 Å². The maximum absolute atomic E-state index is 12.7. The van der Waals surface area contributed by atoms with Gasteiger partial charge in [0.25, 0.3) is 0 Å². The van der Waals surface area contributed by atoms with Crippen LogP contribution < -0.4 is 0 Å². The van der Waals surface area contributed by atoms with Crippen molar-refractivity contribution in [2.45, 2.75) is 31.7 Å². The minimum absolute atomic E-state index is 0.0504. The number of aryl methyl sites for hydroxylation is 1. The van der Waals surface area contributed by atoms with E-state index < -0.39 is 0 Å². The smallest absolute Gasteiger partial charge is 0.409 e. The van der Waals surface area contributed by atoms with Gasteiger partial charge in [-0.2, -0.15) is 0 Å². The Kier molecular flexibility index (Phi) is 5.75. The van der Waals surface area contributed by atoms with E-state index in [1.165, 1.54) is 22.3 Å². The van der Waals surface area contributed by atoms with Crippen molar-refractivity contribution >= 4 is 6.09 Å². The standard InChI is InChI=1S/C26H27NO3/c1-18(11-12-19-13-15-20(28)16-14-19)27(2)26(29)30-17-25-23-9-5-3-7-21(23)22-8-4-6-10-24(22)25/h3-10,13-16,18,25,28H,11-12,17H2,1-2H3. The molecule has 0 saturated carbocycles. The van der Waals surface area contributed by atoms with Crippen molar-refractivity contribution in [3.8, 4) is 16.9 Å². The first-order chi connectivity index (χ1) is 14.5. The van der Waals surface area contributed by atoms with Crippen LogP contribution in [0.5, 0.6) is 5.75 Å². The minimum atomic E-state index is -0.296. The van der Waals surface area contributed by atoms with Gasteiger partial charge in [0, 0.05) is 19.0 Å². The molecule has 4 heteroatoms. The molecule has 4 nitrogen and oxygen atoms in total. The quantitative estimate of drug-likeness (QED) is 0.585. The second kappa shape index (κ2) is 8.62. The molecule has 0 aromatic heterocycles. The first-order valence-corrected chi connectivity index (χ1v) is 10.4. The van der Waals surface area contributed by atoms with Crippen molar-refractivity contribution < 1.29 is 14.6 Å². The van der Waals surface area contributed by atoms with E-state index in [0.717, 1.165) is 18.4 Å². The molecule has 30 heavy (non-hydrogen) atoms. The van der Waals surface area contributed by atoms with E-state index in [0.29, 0.717) is 6.61 Å². The number of hydrogen-bond acceptors (Lipinski definition) is 3. The highest BCUT2D eigenvalue weighted by atomic mass is 16.6. The molecule has 4 rings (SSSR count). The maximum Gasteiger partial charge on any atom is 0.409 e. The highest BCUT2D eigenvalue weighted by Gasteiger charge is 2.29. The molecule has 1 amide bonds. The van der Waals surface area contributed by atoms with E-state index >= 15 is 0 Å². The molecule has 0 spiro atoms. The fourth-order valence-electron chi connectivity index (χ4n) is 4.11. The van der Waals surface area contributed by atoms with Crippen LogP contribution in [0.15, 0.2) is 72.8 Å². The fraction of sp³-hybridized carbons (Fsp3) is 0.269. The predicted molar refractivity (Wildman–Crippen MR) is 119 cm³/mol. The van der Waals surface area contributed by atoms with Crippen molar-refractivity contribution in [3.63, 3.8) is 0 Å². The molecule has 154 valence electrons. The van der Waals surface area contributed by atoms with Gasteiger partial charge in [0.15, 0.2) is 0 Å². The molecule has 1 atom stereocenters. The molecule has 0 saturated heterocycles. The molecule has 1 aliphatic rings. The zero-order valence-corrected chi connectivity index (χ0v) is 17.4. The second-order valence-corrected chi connectivity index (χ2v) is 7.97. The average Bonchev–Trinajstić information content (AvgIpc) is 3.10. The van der Waals surface area contributed by atoms with Crippen molar-refractivity contribution in [2.24, 2.45) is 0 Å². The van der Waals surface area contributed by atoms with Gasteiger partial charge in [0.1, 0.15) is 12.4 Å². The first-order valence-electron chi connectivity index (χ1n) is 10.4. The van der Waals surface area contributed by atoms with Gasteiger partial charge in [0.2, 0.25) is 0 Å². The summed E-state index contributed by atoms with van der Waals surface area (Å²) in [4.78, 5) is 14.4. The van der Waals surface area contributed by atoms with E-state index in [-0.39, 0.29) is 23.8 Å². The van der Waals surface area contributed by atoms with Gasteiger partial charge in [-0.05, 0) is 59.7 Å². The van der Waals surface area contributed by atoms with Gasteiger partial charge < -0.3 is 14.7 Å². The van der Waals surface area contributed by atoms with Crippen LogP contribution >= 0.6 is 0 Å². The van der Waals surface area contributed by atoms with Gasteiger partial charge in [-0.15, -0.1) is 0 Å². The second-order valence-electron chi connectivity index (χ2n) is 7.97. The molecule has 1 N–H and O–H groups in total. The number of hydrogen-bond donors (Lipinski definition) is 1. The van der Waals surface area contributed by atoms with Gasteiger partial charge in [-0.25, -0.2) is 4.79 Å². The zero-order chi connectivity index (χ0) is 21.1. The molecule has 1 unspecified atom stereocenters. The number of aromatic hydroxyl groups is 1. The van der Waals surface area contributed by atoms with Crippen LogP contribution in [0.3, 0.4) is 0 Å². The Morgan fingerprint density at radius 3 is 2.13 bits per heavy atom. The lowest BCUT2D eigenvalue weighted by atomic mass is 9.98. The number of benzene rings is 3. The monoisotopic (exact) mass is 401 g/mol. The molecule has 0 radical (unpaired) electrons. The Morgan fingerprint density at radius 1 is 0.967 bits per heavy atom. The van der Waals surface area contributed by atoms with Gasteiger partial charge in [-0.1, -0.05) is 60.7 Å². The van der Waals surface area contributed by atoms with Crippen LogP contribution in [-0.4, -0.2) is 35.8 Å². The first kappa shape index (κ1) is 20.0. The highest BCUT2D eigenvalue weighted by molar-refractivity contribution is 5.79. The number of phenols is 1. The number of ether oxygens (including phenoxy) is 1. The summed E-state index contributed by atoms with van der Waals surface area (Å²) >= 11 is 0. The summed E-state index contributed by atoms with van der Waals surface area (Å²) in [5.74, 6) is 0.338. The van der Waals surface area contributed by atoms with Crippen molar-refractivity contribution in [3.05, 3.63) is 89.5 Å². The van der Waals surface area contributed by atoms with E-state index in [9.17, 15) is 9.90 Å². The Morgan fingerprint density at radius 2 is 1.53 bits per heavy atom. The number of fused-ring (bicyclic) bond motifs is 3. The number of rotatable bonds is 6. The topological polar surface area (TPSA) is 49.8 Å². The van der Waals surface area contributed by atoms with Crippen LogP contribution in [0.1, 0.15) is 36.0 Å². The lowest BCUT2D eigenvalue weighted by molar-refractivity contribution is 0.0957. The number of carbonyl (C=O) groups is 1. The molecule has 3 aromatic rings. The van der Waals surface area contributed by atoms with Crippen LogP contribution in [0.4, 0.5) is 4.79 Å². The van der Waals surface area contributed by atoms with Crippen molar-refractivity contribution in [1.82, 2.24) is 4.90 Å². The van der Waals surface area contributed by atoms with Crippen LogP contribution in [0.25, 0.3) is 11.1 Å². The minimum Gasteiger partial charge on any atom is -0.508 e. The van der Waals surface area contributed by atoms with E-state index in [1.807, 2.05) is 43.3 Å². The number of carbonyl (C=O) groups excluding carboxylic acids is 1. The zero-order valence-electron chi connectivity index (χ0n) is 17.4. The van der Waals surface area contributed by atoms with E-state index in [4.69, 9.17) is 4.74 Å². The van der Waals surface area contributed by atoms with Gasteiger partial charge in [0.05, 0.1) is 0 Å². The summed E-state index contributed by atoms with van der Waals surface area (Å²) in [7, 11) is 1.79. The molecular weight excluding hydrogens is 374 g/mol. The Bertz CT molecular complexity index is 983. The fourth-order valence-corrected chi connectivity index (χ4v) is 4.11. The molecule has 0 fully saturated rings. The third-order valence-corrected chi connectivity index (χ3v) is 6.07. The Hall–Kier alpha value is -3.27. The number of amides is 1. The summed E-state index contributed by atoms with van der Waals surface area (Å²) in [6, 6.07) is 23.9. The predicted octanol–water partition coefficient (Wildman–Crippen LogP) is 5.59. The molecule has 0 heterocycles. The van der Waals surface area contributed by atoms with Gasteiger partial charge >= 0.3 is 6.09 Å². The molecule has 0 aliphatic heterocycles. The summed E-state index contributed by atoms with van der Waals surface area (Å²) < 4.78 is 5.74. The number of nitrogens with zero attached hydrogens (tertiary/aromatic N) is 1. The summed E-state index contributed by atoms with van der Waals surface area (Å²) in [6.07, 6.45) is 1.36. The Balaban J connectivity index is 1.36. The van der Waals surface area contributed by atoms with Crippen LogP contribution in [0, 0.1) is 0 Å². The average molecular weight is 402 g/mol. The molecule has 3 aromatic carbocycles. The largest absolute Gasteiger partial charge is 0.508 e. The van der Waals surface area contributed by atoms with Crippen LogP contribution in [-0.2, 0) is 11.2 Å². The van der Waals surface area contributed by atoms with Crippen LogP contribution in [0.2, 0.25) is 0 Å². The summed E-state index contributed by atoms with van der Waals surface area (Å²) in [5, 5.41) is 9.40. The van der Waals surface area contributed by atoms with Crippen molar-refractivity contribution in [1.29, 1.82) is 0 Å². The highest BCUT2D eigenvalue weighted by Crippen LogP contribution is 2.44. The van der Waals surface area contributed by atoms with Gasteiger partial charge in [-0.3, -0.25) is 0 Å².